The van der Waals surface area contributed by atoms with E-state index < -0.39 is 11.4 Å². The van der Waals surface area contributed by atoms with E-state index >= 15 is 0 Å². The minimum absolute atomic E-state index is 0.0816. The van der Waals surface area contributed by atoms with Crippen molar-refractivity contribution in [2.45, 2.75) is 25.4 Å². The number of carbonyl (C=O) groups is 1. The second-order valence-electron chi connectivity index (χ2n) is 4.06. The molecule has 1 rings (SSSR count). The highest BCUT2D eigenvalue weighted by molar-refractivity contribution is 6.03. The van der Waals surface area contributed by atoms with Gasteiger partial charge in [-0.25, -0.2) is 0 Å². The van der Waals surface area contributed by atoms with Crippen LogP contribution in [0.4, 0.5) is 0 Å². The van der Waals surface area contributed by atoms with Gasteiger partial charge in [0.2, 0.25) is 0 Å². The average molecular weight is 223 g/mol. The lowest BCUT2D eigenvalue weighted by Gasteiger charge is -2.29. The fraction of sp³-hybridized carbons (Fsp3) is 0.417. The number of aliphatic hydroxyl groups excluding tert-OH is 1. The number of rotatable bonds is 4. The Bertz CT molecular complexity index is 382. The highest BCUT2D eigenvalue weighted by Crippen LogP contribution is 2.31. The topological polar surface area (TPSA) is 83.5 Å². The number of hydrogen-bond donors (Lipinski definition) is 3. The van der Waals surface area contributed by atoms with Gasteiger partial charge < -0.3 is 15.9 Å². The predicted molar refractivity (Wildman–Crippen MR) is 61.9 cm³/mol. The van der Waals surface area contributed by atoms with Crippen LogP contribution in [0.5, 0.6) is 0 Å². The van der Waals surface area contributed by atoms with E-state index in [0.717, 1.165) is 5.57 Å². The summed E-state index contributed by atoms with van der Waals surface area (Å²) in [6.07, 6.45) is 3.70. The van der Waals surface area contributed by atoms with E-state index in [4.69, 9.17) is 5.73 Å². The van der Waals surface area contributed by atoms with Crippen molar-refractivity contribution in [2.24, 2.45) is 5.73 Å². The molecule has 1 atom stereocenters. The van der Waals surface area contributed by atoms with E-state index in [1.54, 1.807) is 6.08 Å². The van der Waals surface area contributed by atoms with E-state index in [2.05, 4.69) is 6.58 Å². The number of nitrogens with two attached hydrogens (primary N) is 1. The zero-order chi connectivity index (χ0) is 12.3. The Morgan fingerprint density at radius 3 is 2.75 bits per heavy atom. The van der Waals surface area contributed by atoms with Crippen LogP contribution >= 0.6 is 0 Å². The molecule has 0 radical (unpaired) electrons. The number of hydrogen-bond acceptors (Lipinski definition) is 4. The maximum absolute atomic E-state index is 11.8. The van der Waals surface area contributed by atoms with E-state index in [0.29, 0.717) is 13.0 Å². The van der Waals surface area contributed by atoms with Crippen LogP contribution in [-0.2, 0) is 4.79 Å². The van der Waals surface area contributed by atoms with Gasteiger partial charge in [0.15, 0.2) is 11.4 Å². The maximum atomic E-state index is 11.8. The third-order valence-corrected chi connectivity index (χ3v) is 2.61. The fourth-order valence-electron chi connectivity index (χ4n) is 1.72. The van der Waals surface area contributed by atoms with Crippen LogP contribution in [0.25, 0.3) is 0 Å². The van der Waals surface area contributed by atoms with Gasteiger partial charge in [-0.1, -0.05) is 18.2 Å². The van der Waals surface area contributed by atoms with Gasteiger partial charge in [0.05, 0.1) is 0 Å². The first kappa shape index (κ1) is 12.7. The van der Waals surface area contributed by atoms with Crippen LogP contribution in [0.3, 0.4) is 0 Å². The van der Waals surface area contributed by atoms with Crippen molar-refractivity contribution in [1.29, 1.82) is 0 Å². The Balaban J connectivity index is 3.00. The average Bonchev–Trinajstić information content (AvgIpc) is 2.23. The quantitative estimate of drug-likeness (QED) is 0.620. The van der Waals surface area contributed by atoms with Gasteiger partial charge >= 0.3 is 0 Å². The van der Waals surface area contributed by atoms with Crippen LogP contribution in [0.15, 0.2) is 35.6 Å². The molecule has 1 unspecified atom stereocenters. The summed E-state index contributed by atoms with van der Waals surface area (Å²) in [5, 5.41) is 19.8. The Morgan fingerprint density at radius 2 is 2.25 bits per heavy atom. The molecule has 16 heavy (non-hydrogen) atoms. The zero-order valence-corrected chi connectivity index (χ0v) is 9.36. The summed E-state index contributed by atoms with van der Waals surface area (Å²) >= 11 is 0. The Hall–Kier alpha value is -1.39. The number of ketones is 1. The molecule has 0 bridgehead atoms. The Kier molecular flexibility index (Phi) is 3.67. The summed E-state index contributed by atoms with van der Waals surface area (Å²) in [5.41, 5.74) is 4.62. The molecule has 0 aromatic rings. The first-order chi connectivity index (χ1) is 7.41. The van der Waals surface area contributed by atoms with Crippen molar-refractivity contribution in [1.82, 2.24) is 0 Å². The van der Waals surface area contributed by atoms with Gasteiger partial charge in [-0.15, -0.1) is 0 Å². The molecule has 4 N–H and O–H groups in total. The van der Waals surface area contributed by atoms with Crippen LogP contribution in [0.1, 0.15) is 19.8 Å². The second-order valence-corrected chi connectivity index (χ2v) is 4.06. The van der Waals surface area contributed by atoms with Gasteiger partial charge in [-0.3, -0.25) is 4.79 Å². The minimum Gasteiger partial charge on any atom is -0.509 e. The van der Waals surface area contributed by atoms with E-state index in [-0.39, 0.29) is 17.8 Å². The largest absolute Gasteiger partial charge is 0.509 e. The van der Waals surface area contributed by atoms with E-state index in [1.165, 1.54) is 13.0 Å². The van der Waals surface area contributed by atoms with Crippen molar-refractivity contribution in [2.75, 3.05) is 6.54 Å². The SMILES string of the molecule is C=C(C)C(=O)C1(O)CC(CCN)=CC=C1O. The fourth-order valence-corrected chi connectivity index (χ4v) is 1.72. The molecule has 0 aromatic heterocycles. The van der Waals surface area contributed by atoms with Crippen LogP contribution < -0.4 is 5.73 Å². The normalized spacial score (nSPS) is 24.7. The van der Waals surface area contributed by atoms with E-state index in [1.807, 2.05) is 0 Å². The van der Waals surface area contributed by atoms with Crippen molar-refractivity contribution < 1.29 is 15.0 Å². The monoisotopic (exact) mass is 223 g/mol. The lowest BCUT2D eigenvalue weighted by Crippen LogP contribution is -2.42. The molecule has 1 aliphatic rings. The highest BCUT2D eigenvalue weighted by atomic mass is 16.3. The second kappa shape index (κ2) is 4.63. The molecule has 88 valence electrons. The summed E-state index contributed by atoms with van der Waals surface area (Å²) < 4.78 is 0. The number of carbonyl (C=O) groups excluding carboxylic acids is 1. The number of Topliss-reactive ketones (excluding diaryl/α,β-unsaturated/α-hetero) is 1. The van der Waals surface area contributed by atoms with Gasteiger partial charge in [0, 0.05) is 6.42 Å². The molecule has 0 aliphatic heterocycles. The predicted octanol–water partition coefficient (Wildman–Crippen LogP) is 0.984. The molecule has 0 saturated carbocycles. The molecular weight excluding hydrogens is 206 g/mol. The lowest BCUT2D eigenvalue weighted by molar-refractivity contribution is -0.132. The van der Waals surface area contributed by atoms with Gasteiger partial charge in [0.25, 0.3) is 0 Å². The summed E-state index contributed by atoms with van der Waals surface area (Å²) in [6, 6.07) is 0. The first-order valence-electron chi connectivity index (χ1n) is 5.13. The van der Waals surface area contributed by atoms with Crippen LogP contribution in [-0.4, -0.2) is 28.1 Å². The van der Waals surface area contributed by atoms with Crippen molar-refractivity contribution in [3.05, 3.63) is 35.6 Å². The zero-order valence-electron chi connectivity index (χ0n) is 9.36. The van der Waals surface area contributed by atoms with Gasteiger partial charge in [-0.05, 0) is 31.5 Å². The third kappa shape index (κ3) is 2.23. The molecule has 0 aromatic carbocycles. The molecule has 0 amide bonds. The Morgan fingerprint density at radius 1 is 1.62 bits per heavy atom. The number of aliphatic hydroxyl groups is 2. The molecule has 0 fully saturated rings. The van der Waals surface area contributed by atoms with Crippen molar-refractivity contribution >= 4 is 5.78 Å². The summed E-state index contributed by atoms with van der Waals surface area (Å²) in [5.74, 6) is -0.884. The molecule has 4 heteroatoms. The highest BCUT2D eigenvalue weighted by Gasteiger charge is 2.42. The summed E-state index contributed by atoms with van der Waals surface area (Å²) in [6.45, 7) is 5.44. The number of allylic oxidation sites excluding steroid dienone is 2. The molecule has 0 heterocycles. The molecule has 1 aliphatic carbocycles. The standard InChI is InChI=1S/C12H17NO3/c1-8(2)11(15)12(16)7-9(5-6-13)3-4-10(12)14/h3-4,14,16H,1,5-7,13H2,2H3. The molecule has 4 nitrogen and oxygen atoms in total. The molecule has 0 saturated heterocycles. The summed E-state index contributed by atoms with van der Waals surface area (Å²) in [4.78, 5) is 11.8. The lowest BCUT2D eigenvalue weighted by atomic mass is 9.81. The first-order valence-corrected chi connectivity index (χ1v) is 5.13. The van der Waals surface area contributed by atoms with E-state index in [9.17, 15) is 15.0 Å². The van der Waals surface area contributed by atoms with Crippen LogP contribution in [0.2, 0.25) is 0 Å². The minimum atomic E-state index is -1.86. The Labute approximate surface area is 94.8 Å². The maximum Gasteiger partial charge on any atom is 0.197 e. The third-order valence-electron chi connectivity index (χ3n) is 2.61. The van der Waals surface area contributed by atoms with Gasteiger partial charge in [0.1, 0.15) is 5.76 Å². The van der Waals surface area contributed by atoms with Gasteiger partial charge in [-0.2, -0.15) is 0 Å². The summed E-state index contributed by atoms with van der Waals surface area (Å²) in [7, 11) is 0. The molecule has 0 spiro atoms. The van der Waals surface area contributed by atoms with Crippen molar-refractivity contribution in [3.8, 4) is 0 Å². The molecular formula is C12H17NO3. The van der Waals surface area contributed by atoms with Crippen LogP contribution in [0, 0.1) is 0 Å². The smallest absolute Gasteiger partial charge is 0.197 e. The van der Waals surface area contributed by atoms with Crippen molar-refractivity contribution in [3.63, 3.8) is 0 Å².